The second-order valence-corrected chi connectivity index (χ2v) is 14.7. The van der Waals surface area contributed by atoms with Crippen molar-refractivity contribution in [1.29, 1.82) is 0 Å². The van der Waals surface area contributed by atoms with Gasteiger partial charge in [0.25, 0.3) is 0 Å². The Kier molecular flexibility index (Phi) is 6.76. The van der Waals surface area contributed by atoms with Crippen molar-refractivity contribution in [2.75, 3.05) is 4.90 Å². The highest BCUT2D eigenvalue weighted by Gasteiger charge is 2.26. The minimum Gasteiger partial charge on any atom is -0.308 e. The van der Waals surface area contributed by atoms with Crippen molar-refractivity contribution >= 4 is 91.9 Å². The average molecular weight is 693 g/mol. The first-order valence-electron chi connectivity index (χ1n) is 18.1. The summed E-state index contributed by atoms with van der Waals surface area (Å²) in [6.45, 7) is 0. The summed E-state index contributed by atoms with van der Waals surface area (Å²) < 4.78 is 5.10. The minimum absolute atomic E-state index is 1.12. The molecular weight excluding hydrogens is 661 g/mol. The van der Waals surface area contributed by atoms with E-state index in [9.17, 15) is 0 Å². The third kappa shape index (κ3) is 4.64. The van der Waals surface area contributed by atoms with Gasteiger partial charge in [0, 0.05) is 42.7 Å². The summed E-state index contributed by atoms with van der Waals surface area (Å²) in [5.74, 6) is 0. The molecule has 11 rings (SSSR count). The number of aromatic nitrogens is 1. The van der Waals surface area contributed by atoms with E-state index in [1.54, 1.807) is 0 Å². The Labute approximate surface area is 311 Å². The zero-order chi connectivity index (χ0) is 34.9. The highest BCUT2D eigenvalue weighted by atomic mass is 32.1. The summed E-state index contributed by atoms with van der Waals surface area (Å²) in [6, 6.07) is 71.0. The molecule has 0 amide bonds. The summed E-state index contributed by atoms with van der Waals surface area (Å²) in [6.07, 6.45) is 0. The van der Waals surface area contributed by atoms with E-state index >= 15 is 0 Å². The molecule has 2 aromatic heterocycles. The lowest BCUT2D eigenvalue weighted by Crippen LogP contribution is -2.10. The summed E-state index contributed by atoms with van der Waals surface area (Å²) in [5.41, 5.74) is 9.43. The van der Waals surface area contributed by atoms with Gasteiger partial charge in [-0.1, -0.05) is 146 Å². The van der Waals surface area contributed by atoms with Crippen molar-refractivity contribution < 1.29 is 0 Å². The molecule has 2 heterocycles. The molecule has 0 bridgehead atoms. The van der Waals surface area contributed by atoms with Crippen LogP contribution in [-0.2, 0) is 0 Å². The molecule has 3 heteroatoms. The van der Waals surface area contributed by atoms with Gasteiger partial charge in [-0.2, -0.15) is 0 Å². The third-order valence-electron chi connectivity index (χ3n) is 10.7. The van der Waals surface area contributed by atoms with Crippen LogP contribution in [0.5, 0.6) is 0 Å². The molecular formula is C50H32N2S. The normalized spacial score (nSPS) is 11.8. The number of fused-ring (bicyclic) bond motifs is 9. The molecule has 0 saturated heterocycles. The van der Waals surface area contributed by atoms with Crippen LogP contribution in [0.1, 0.15) is 0 Å². The van der Waals surface area contributed by atoms with Gasteiger partial charge >= 0.3 is 0 Å². The molecule has 0 atom stereocenters. The number of anilines is 3. The Morgan fingerprint density at radius 1 is 0.415 bits per heavy atom. The van der Waals surface area contributed by atoms with Gasteiger partial charge in [0.2, 0.25) is 0 Å². The second kappa shape index (κ2) is 11.9. The maximum Gasteiger partial charge on any atom is 0.0640 e. The zero-order valence-electron chi connectivity index (χ0n) is 28.8. The van der Waals surface area contributed by atoms with Crippen molar-refractivity contribution in [3.63, 3.8) is 0 Å². The maximum absolute atomic E-state index is 2.52. The summed E-state index contributed by atoms with van der Waals surface area (Å²) in [7, 11) is 0. The van der Waals surface area contributed by atoms with E-state index < -0.39 is 0 Å². The quantitative estimate of drug-likeness (QED) is 0.174. The highest BCUT2D eigenvalue weighted by Crippen LogP contribution is 2.50. The van der Waals surface area contributed by atoms with Crippen LogP contribution >= 0.6 is 11.3 Å². The van der Waals surface area contributed by atoms with Crippen LogP contribution in [-0.4, -0.2) is 4.57 Å². The number of thiophene rings is 1. The van der Waals surface area contributed by atoms with Gasteiger partial charge in [0.05, 0.1) is 32.8 Å². The zero-order valence-corrected chi connectivity index (χ0v) is 29.6. The molecule has 0 aliphatic heterocycles. The molecule has 0 unspecified atom stereocenters. The second-order valence-electron chi connectivity index (χ2n) is 13.7. The van der Waals surface area contributed by atoms with Crippen molar-refractivity contribution in [3.05, 3.63) is 194 Å². The number of benzene rings is 9. The van der Waals surface area contributed by atoms with Gasteiger partial charge in [-0.15, -0.1) is 11.3 Å². The lowest BCUT2D eigenvalue weighted by Gasteiger charge is -2.27. The van der Waals surface area contributed by atoms with E-state index in [0.717, 1.165) is 11.4 Å². The molecule has 0 radical (unpaired) electrons. The van der Waals surface area contributed by atoms with E-state index in [0.29, 0.717) is 0 Å². The molecule has 0 saturated carbocycles. The number of hydrogen-bond acceptors (Lipinski definition) is 2. The lowest BCUT2D eigenvalue weighted by molar-refractivity contribution is 1.20. The maximum atomic E-state index is 2.52. The monoisotopic (exact) mass is 692 g/mol. The predicted octanol–water partition coefficient (Wildman–Crippen LogP) is 14.6. The van der Waals surface area contributed by atoms with E-state index in [4.69, 9.17) is 0 Å². The van der Waals surface area contributed by atoms with Crippen LogP contribution in [0.15, 0.2) is 194 Å². The van der Waals surface area contributed by atoms with Gasteiger partial charge in [-0.25, -0.2) is 0 Å². The smallest absolute Gasteiger partial charge is 0.0640 e. The van der Waals surface area contributed by atoms with Crippen molar-refractivity contribution in [1.82, 2.24) is 4.57 Å². The largest absolute Gasteiger partial charge is 0.308 e. The summed E-state index contributed by atoms with van der Waals surface area (Å²) in [5, 5.41) is 9.91. The number of para-hydroxylation sites is 1. The average Bonchev–Trinajstić information content (AvgIpc) is 3.78. The molecule has 9 aromatic carbocycles. The van der Waals surface area contributed by atoms with Crippen LogP contribution in [0.25, 0.3) is 80.3 Å². The van der Waals surface area contributed by atoms with Crippen LogP contribution in [0.2, 0.25) is 0 Å². The third-order valence-corrected chi connectivity index (χ3v) is 11.9. The standard InChI is InChI=1S/C50H32N2S/c1-3-15-33(16-4-1)35-29-30-44-42(31-35)48-46(32-36-18-8-10-23-39(36)49(48)52(44)43-26-13-19-34-17-7-9-22-38(34)43)51(37-20-5-2-6-21-37)45-27-14-25-41-40-24-11-12-28-47(40)53-50(41)45/h1-32H. The van der Waals surface area contributed by atoms with Gasteiger partial charge < -0.3 is 9.47 Å². The Balaban J connectivity index is 1.34. The Morgan fingerprint density at radius 2 is 1.08 bits per heavy atom. The van der Waals surface area contributed by atoms with Gasteiger partial charge in [0.1, 0.15) is 0 Å². The topological polar surface area (TPSA) is 8.17 Å². The van der Waals surface area contributed by atoms with E-state index in [1.165, 1.54) is 86.0 Å². The fourth-order valence-electron chi connectivity index (χ4n) is 8.40. The van der Waals surface area contributed by atoms with Crippen LogP contribution in [0, 0.1) is 0 Å². The molecule has 0 spiro atoms. The first-order valence-corrected chi connectivity index (χ1v) is 18.9. The van der Waals surface area contributed by atoms with Crippen LogP contribution in [0.3, 0.4) is 0 Å². The first kappa shape index (κ1) is 30.0. The lowest BCUT2D eigenvalue weighted by atomic mass is 9.99. The Bertz CT molecular complexity index is 3170. The van der Waals surface area contributed by atoms with Crippen LogP contribution < -0.4 is 4.90 Å². The molecule has 0 aliphatic rings. The predicted molar refractivity (Wildman–Crippen MR) is 229 cm³/mol. The molecule has 248 valence electrons. The van der Waals surface area contributed by atoms with Crippen molar-refractivity contribution in [2.24, 2.45) is 0 Å². The molecule has 11 aromatic rings. The first-order chi connectivity index (χ1) is 26.3. The molecule has 0 N–H and O–H groups in total. The minimum atomic E-state index is 1.12. The molecule has 0 fully saturated rings. The van der Waals surface area contributed by atoms with Gasteiger partial charge in [-0.05, 0) is 70.4 Å². The number of nitrogens with zero attached hydrogens (tertiary/aromatic N) is 2. The fourth-order valence-corrected chi connectivity index (χ4v) is 9.60. The molecule has 53 heavy (non-hydrogen) atoms. The summed E-state index contributed by atoms with van der Waals surface area (Å²) >= 11 is 1.87. The van der Waals surface area contributed by atoms with Gasteiger partial charge in [0.15, 0.2) is 0 Å². The number of hydrogen-bond donors (Lipinski definition) is 0. The van der Waals surface area contributed by atoms with Gasteiger partial charge in [-0.3, -0.25) is 0 Å². The molecule has 2 nitrogen and oxygen atoms in total. The van der Waals surface area contributed by atoms with E-state index in [1.807, 2.05) is 11.3 Å². The van der Waals surface area contributed by atoms with E-state index in [-0.39, 0.29) is 0 Å². The SMILES string of the molecule is c1ccc(-c2ccc3c(c2)c2c(N(c4ccccc4)c4cccc5c4sc4ccccc45)cc4ccccc4c2n3-c2cccc3ccccc23)cc1. The van der Waals surface area contributed by atoms with E-state index in [2.05, 4.69) is 204 Å². The van der Waals surface area contributed by atoms with Crippen LogP contribution in [0.4, 0.5) is 17.1 Å². The summed E-state index contributed by atoms with van der Waals surface area (Å²) in [4.78, 5) is 2.51. The Hall–Kier alpha value is -6.68. The van der Waals surface area contributed by atoms with Crippen molar-refractivity contribution in [3.8, 4) is 16.8 Å². The number of rotatable bonds is 5. The molecule has 0 aliphatic carbocycles. The highest BCUT2D eigenvalue weighted by molar-refractivity contribution is 7.26. The Morgan fingerprint density at radius 3 is 1.92 bits per heavy atom. The van der Waals surface area contributed by atoms with Crippen molar-refractivity contribution in [2.45, 2.75) is 0 Å². The fraction of sp³-hybridized carbons (Fsp3) is 0.